The fraction of sp³-hybridized carbons (Fsp3) is 0.500. The second kappa shape index (κ2) is 10.8. The van der Waals surface area contributed by atoms with Crippen LogP contribution in [0.25, 0.3) is 22.3 Å². The summed E-state index contributed by atoms with van der Waals surface area (Å²) in [5, 5.41) is 11.2. The number of nitrogens with two attached hydrogens (primary N) is 2. The van der Waals surface area contributed by atoms with E-state index in [0.29, 0.717) is 0 Å². The number of aromatic nitrogens is 8. The molecule has 4 aromatic rings. The third kappa shape index (κ3) is 5.21. The predicted octanol–water partition coefficient (Wildman–Crippen LogP) is -0.639. The van der Waals surface area contributed by atoms with Crippen LogP contribution in [0, 0.1) is 0 Å². The van der Waals surface area contributed by atoms with Crippen molar-refractivity contribution in [2.75, 3.05) is 24.7 Å². The van der Waals surface area contributed by atoms with E-state index in [1.807, 2.05) is 0 Å². The van der Waals surface area contributed by atoms with Crippen molar-refractivity contribution in [1.82, 2.24) is 39.0 Å². The highest BCUT2D eigenvalue weighted by Gasteiger charge is 2.52. The standard InChI is InChI=1S/C20H22N10O10P2S/c21-14-10-15(24-4-23-14)29(5-25-10)19-12(31)13-9(38-19)3-36-42(34,43)40-8-1-7(2-35-41(33)39-13)37-18(8)30-6-26-11-16(30)27-20(22)28-17(11)32/h4-9,12-13,18-19,31H,1-3H2,(H5-,21,22,23,24,27,28,32,34,43)/p+1/t7-,8+,9+,12+,13+,18+,19+,42?/m0/s1. The summed E-state index contributed by atoms with van der Waals surface area (Å²) < 4.78 is 50.3. The van der Waals surface area contributed by atoms with Gasteiger partial charge in [-0.25, -0.2) is 19.9 Å². The Morgan fingerprint density at radius 2 is 1.81 bits per heavy atom. The lowest BCUT2D eigenvalue weighted by atomic mass is 10.1. The van der Waals surface area contributed by atoms with E-state index in [-0.39, 0.29) is 47.1 Å². The number of aliphatic hydroxyl groups is 1. The lowest BCUT2D eigenvalue weighted by Crippen LogP contribution is -2.35. The molecule has 43 heavy (non-hydrogen) atoms. The Kier molecular flexibility index (Phi) is 7.22. The Morgan fingerprint density at radius 1 is 1.05 bits per heavy atom. The number of hydrogen-bond donors (Lipinski definition) is 5. The first-order valence-electron chi connectivity index (χ1n) is 12.6. The lowest BCUT2D eigenvalue weighted by Gasteiger charge is -2.25. The number of rotatable bonds is 2. The third-order valence-electron chi connectivity index (χ3n) is 7.08. The molecule has 0 aliphatic carbocycles. The normalized spacial score (nSPS) is 34.6. The number of nitrogens with one attached hydrogen (secondary N) is 1. The summed E-state index contributed by atoms with van der Waals surface area (Å²) >= 11 is 5.30. The van der Waals surface area contributed by atoms with E-state index in [2.05, 4.69) is 29.9 Å². The second-order valence-electron chi connectivity index (χ2n) is 9.80. The maximum absolute atomic E-state index is 12.9. The van der Waals surface area contributed by atoms with Crippen LogP contribution in [0.4, 0.5) is 11.8 Å². The molecule has 0 radical (unpaired) electrons. The number of imidazole rings is 2. The van der Waals surface area contributed by atoms with E-state index < -0.39 is 70.1 Å². The van der Waals surface area contributed by atoms with Gasteiger partial charge in [0, 0.05) is 11.0 Å². The molecular formula is C20H23N10O10P2S+. The van der Waals surface area contributed by atoms with Gasteiger partial charge in [-0.3, -0.25) is 18.9 Å². The Hall–Kier alpha value is -3.07. The highest BCUT2D eigenvalue weighted by molar-refractivity contribution is 8.07. The second-order valence-corrected chi connectivity index (χ2v) is 13.5. The number of aliphatic hydroxyl groups excluding tert-OH is 1. The average molecular weight is 657 g/mol. The summed E-state index contributed by atoms with van der Waals surface area (Å²) in [6.07, 6.45) is -3.57. The van der Waals surface area contributed by atoms with Crippen LogP contribution >= 0.6 is 15.0 Å². The maximum Gasteiger partial charge on any atom is 0.697 e. The Balaban J connectivity index is 1.16. The van der Waals surface area contributed by atoms with E-state index in [9.17, 15) is 19.4 Å². The Morgan fingerprint density at radius 3 is 2.63 bits per heavy atom. The fourth-order valence-corrected chi connectivity index (χ4v) is 7.46. The molecule has 0 amide bonds. The van der Waals surface area contributed by atoms with Crippen molar-refractivity contribution in [3.05, 3.63) is 29.3 Å². The molecule has 23 heteroatoms. The van der Waals surface area contributed by atoms with Crippen LogP contribution in [0.2, 0.25) is 0 Å². The van der Waals surface area contributed by atoms with E-state index in [1.165, 1.54) is 28.1 Å². The first kappa shape index (κ1) is 28.7. The lowest BCUT2D eigenvalue weighted by molar-refractivity contribution is -0.0590. The number of H-pyrrole nitrogens is 1. The van der Waals surface area contributed by atoms with Crippen molar-refractivity contribution in [1.29, 1.82) is 0 Å². The largest absolute Gasteiger partial charge is 0.697 e. The molecule has 0 aromatic carbocycles. The summed E-state index contributed by atoms with van der Waals surface area (Å²) in [6, 6.07) is 0. The highest BCUT2D eigenvalue weighted by atomic mass is 32.5. The zero-order valence-corrected chi connectivity index (χ0v) is 24.2. The van der Waals surface area contributed by atoms with Crippen molar-refractivity contribution in [2.24, 2.45) is 0 Å². The summed E-state index contributed by atoms with van der Waals surface area (Å²) in [7, 11) is -2.81. The molecule has 2 bridgehead atoms. The number of aromatic amines is 1. The van der Waals surface area contributed by atoms with E-state index in [0.717, 1.165) is 0 Å². The van der Waals surface area contributed by atoms with E-state index in [1.54, 1.807) is 0 Å². The van der Waals surface area contributed by atoms with Gasteiger partial charge in [0.1, 0.15) is 36.8 Å². The predicted molar refractivity (Wildman–Crippen MR) is 147 cm³/mol. The SMILES string of the molecule is Nc1nc2c(ncn2[C@@H]2O[C@@H]3CO[P+](=O)O[C@H]4[C@@H](O)[C@H](n5cnc6c(N)ncnc65)O[C@@H]4COP(O)(=S)O[C@@H]2C3)c(=O)[nH]1. The van der Waals surface area contributed by atoms with Gasteiger partial charge in [0.2, 0.25) is 5.95 Å². The molecule has 3 fully saturated rings. The first-order valence-corrected chi connectivity index (χ1v) is 16.3. The van der Waals surface area contributed by atoms with Gasteiger partial charge in [-0.15, -0.1) is 9.05 Å². The molecule has 7 N–H and O–H groups in total. The molecule has 228 valence electrons. The van der Waals surface area contributed by atoms with Crippen molar-refractivity contribution in [2.45, 2.75) is 49.4 Å². The van der Waals surface area contributed by atoms with Gasteiger partial charge in [0.15, 0.2) is 41.2 Å². The van der Waals surface area contributed by atoms with Crippen LogP contribution in [0.3, 0.4) is 0 Å². The van der Waals surface area contributed by atoms with E-state index >= 15 is 0 Å². The Labute approximate surface area is 245 Å². The summed E-state index contributed by atoms with van der Waals surface area (Å²) in [5.74, 6) is -0.0226. The zero-order chi connectivity index (χ0) is 30.0. The van der Waals surface area contributed by atoms with Crippen LogP contribution in [0.1, 0.15) is 18.9 Å². The minimum absolute atomic E-state index is 0.000768. The topological polar surface area (TPSA) is 272 Å². The van der Waals surface area contributed by atoms with Gasteiger partial charge < -0.3 is 40.0 Å². The molecule has 3 saturated heterocycles. The van der Waals surface area contributed by atoms with Crippen molar-refractivity contribution >= 4 is 60.9 Å². The van der Waals surface area contributed by atoms with Gasteiger partial charge >= 0.3 is 15.0 Å². The molecule has 7 heterocycles. The molecule has 3 aliphatic rings. The molecule has 20 nitrogen and oxygen atoms in total. The fourth-order valence-electron chi connectivity index (χ4n) is 5.21. The number of nitrogen functional groups attached to an aromatic ring is 2. The van der Waals surface area contributed by atoms with Crippen molar-refractivity contribution in [3.63, 3.8) is 0 Å². The number of anilines is 2. The van der Waals surface area contributed by atoms with Gasteiger partial charge in [-0.1, -0.05) is 0 Å². The molecule has 2 unspecified atom stereocenters. The van der Waals surface area contributed by atoms with Crippen LogP contribution in [0.5, 0.6) is 0 Å². The van der Waals surface area contributed by atoms with Gasteiger partial charge in [-0.2, -0.15) is 4.98 Å². The first-order chi connectivity index (χ1) is 20.6. The summed E-state index contributed by atoms with van der Waals surface area (Å²) in [4.78, 5) is 46.2. The van der Waals surface area contributed by atoms with Crippen molar-refractivity contribution in [3.8, 4) is 0 Å². The molecule has 7 rings (SSSR count). The molecule has 0 saturated carbocycles. The van der Waals surface area contributed by atoms with Crippen LogP contribution in [0.15, 0.2) is 23.8 Å². The summed E-state index contributed by atoms with van der Waals surface area (Å²) in [5.41, 5.74) is 11.7. The van der Waals surface area contributed by atoms with Crippen LogP contribution in [-0.4, -0.2) is 92.8 Å². The minimum atomic E-state index is -4.01. The number of fused-ring (bicyclic) bond motifs is 5. The molecule has 9 atom stereocenters. The van der Waals surface area contributed by atoms with Gasteiger partial charge in [-0.05, 0) is 11.8 Å². The monoisotopic (exact) mass is 657 g/mol. The van der Waals surface area contributed by atoms with Gasteiger partial charge in [0.05, 0.1) is 25.4 Å². The number of ether oxygens (including phenoxy) is 2. The smallest absolute Gasteiger partial charge is 0.385 e. The number of nitrogens with zero attached hydrogens (tertiary/aromatic N) is 7. The summed E-state index contributed by atoms with van der Waals surface area (Å²) in [6.45, 7) is -4.67. The molecule has 4 aromatic heterocycles. The molecular weight excluding hydrogens is 634 g/mol. The Bertz CT molecular complexity index is 1840. The van der Waals surface area contributed by atoms with Crippen molar-refractivity contribution < 1.29 is 42.1 Å². The minimum Gasteiger partial charge on any atom is -0.385 e. The molecule has 0 spiro atoms. The zero-order valence-electron chi connectivity index (χ0n) is 21.6. The molecule has 3 aliphatic heterocycles. The maximum atomic E-state index is 12.9. The number of hydrogen-bond acceptors (Lipinski definition) is 17. The third-order valence-corrected chi connectivity index (χ3v) is 9.45. The van der Waals surface area contributed by atoms with Gasteiger partial charge in [0.25, 0.3) is 5.56 Å². The highest BCUT2D eigenvalue weighted by Crippen LogP contribution is 2.51. The van der Waals surface area contributed by atoms with Crippen LogP contribution < -0.4 is 17.0 Å². The quantitative estimate of drug-likeness (QED) is 0.168. The van der Waals surface area contributed by atoms with Crippen LogP contribution in [-0.2, 0) is 43.9 Å². The van der Waals surface area contributed by atoms with E-state index in [4.69, 9.17) is 50.8 Å². The average Bonchev–Trinajstić information content (AvgIpc) is 3.72.